The fourth-order valence-corrected chi connectivity index (χ4v) is 1.66. The Bertz CT molecular complexity index is 573. The number of terminal acetylenes is 2. The summed E-state index contributed by atoms with van der Waals surface area (Å²) in [4.78, 5) is 0. The van der Waals surface area contributed by atoms with E-state index in [1.807, 2.05) is 36.4 Å². The highest BCUT2D eigenvalue weighted by Crippen LogP contribution is 2.32. The lowest BCUT2D eigenvalue weighted by molar-refractivity contribution is 0.315. The van der Waals surface area contributed by atoms with Gasteiger partial charge in [-0.2, -0.15) is 0 Å². The molecule has 2 aromatic rings. The van der Waals surface area contributed by atoms with Crippen molar-refractivity contribution >= 4 is 10.8 Å². The highest BCUT2D eigenvalue weighted by atomic mass is 16.5. The Labute approximate surface area is 107 Å². The van der Waals surface area contributed by atoms with Crippen molar-refractivity contribution in [1.29, 1.82) is 0 Å². The Morgan fingerprint density at radius 1 is 0.833 bits per heavy atom. The standard InChI is InChI=1S/C16H12O2/c1-3-9-17-15-11-13-7-5-6-8-14(13)12-16(15)18-10-4-2/h1-2,5-8,11-12H,9-10H2. The molecule has 0 heterocycles. The Morgan fingerprint density at radius 2 is 1.28 bits per heavy atom. The molecule has 0 spiro atoms. The summed E-state index contributed by atoms with van der Waals surface area (Å²) in [5, 5.41) is 2.13. The van der Waals surface area contributed by atoms with Crippen LogP contribution in [0, 0.1) is 24.7 Å². The van der Waals surface area contributed by atoms with E-state index in [1.165, 1.54) is 0 Å². The zero-order valence-electron chi connectivity index (χ0n) is 9.85. The van der Waals surface area contributed by atoms with Crippen LogP contribution in [0.2, 0.25) is 0 Å². The predicted octanol–water partition coefficient (Wildman–Crippen LogP) is 2.86. The molecule has 0 radical (unpaired) electrons. The summed E-state index contributed by atoms with van der Waals surface area (Å²) in [5.41, 5.74) is 0. The molecule has 0 N–H and O–H groups in total. The zero-order valence-corrected chi connectivity index (χ0v) is 9.85. The Balaban J connectivity index is 2.43. The van der Waals surface area contributed by atoms with Gasteiger partial charge in [0.05, 0.1) is 0 Å². The van der Waals surface area contributed by atoms with Crippen LogP contribution in [0.5, 0.6) is 11.5 Å². The zero-order chi connectivity index (χ0) is 12.8. The lowest BCUT2D eigenvalue weighted by Gasteiger charge is -2.11. The van der Waals surface area contributed by atoms with Gasteiger partial charge in [0.15, 0.2) is 11.5 Å². The molecule has 0 aliphatic heterocycles. The van der Waals surface area contributed by atoms with E-state index in [2.05, 4.69) is 11.8 Å². The number of ether oxygens (including phenoxy) is 2. The smallest absolute Gasteiger partial charge is 0.163 e. The normalized spacial score (nSPS) is 9.44. The Kier molecular flexibility index (Phi) is 3.74. The van der Waals surface area contributed by atoms with Crippen LogP contribution in [-0.4, -0.2) is 13.2 Å². The minimum atomic E-state index is 0.199. The molecule has 0 fully saturated rings. The Hall–Kier alpha value is -2.58. The first-order valence-corrected chi connectivity index (χ1v) is 5.50. The van der Waals surface area contributed by atoms with E-state index in [0.717, 1.165) is 10.8 Å². The van der Waals surface area contributed by atoms with E-state index >= 15 is 0 Å². The first-order valence-electron chi connectivity index (χ1n) is 5.50. The van der Waals surface area contributed by atoms with E-state index in [0.29, 0.717) is 11.5 Å². The minimum absolute atomic E-state index is 0.199. The Morgan fingerprint density at radius 3 is 1.67 bits per heavy atom. The topological polar surface area (TPSA) is 18.5 Å². The number of hydrogen-bond donors (Lipinski definition) is 0. The van der Waals surface area contributed by atoms with Crippen LogP contribution in [0.25, 0.3) is 10.8 Å². The first-order chi connectivity index (χ1) is 8.85. The molecule has 0 aliphatic rings. The summed E-state index contributed by atoms with van der Waals surface area (Å²) in [6.07, 6.45) is 10.4. The van der Waals surface area contributed by atoms with Gasteiger partial charge in [-0.15, -0.1) is 12.8 Å². The minimum Gasteiger partial charge on any atom is -0.477 e. The van der Waals surface area contributed by atoms with Crippen molar-refractivity contribution < 1.29 is 9.47 Å². The quantitative estimate of drug-likeness (QED) is 0.760. The largest absolute Gasteiger partial charge is 0.477 e. The van der Waals surface area contributed by atoms with Crippen molar-refractivity contribution in [1.82, 2.24) is 0 Å². The molecule has 2 heteroatoms. The third kappa shape index (κ3) is 2.56. The van der Waals surface area contributed by atoms with Crippen LogP contribution in [0.4, 0.5) is 0 Å². The van der Waals surface area contributed by atoms with Crippen LogP contribution < -0.4 is 9.47 Å². The SMILES string of the molecule is C#CCOc1cc2ccccc2cc1OCC#C. The van der Waals surface area contributed by atoms with Gasteiger partial charge >= 0.3 is 0 Å². The van der Waals surface area contributed by atoms with Crippen LogP contribution >= 0.6 is 0 Å². The van der Waals surface area contributed by atoms with Crippen molar-refractivity contribution in [2.45, 2.75) is 0 Å². The van der Waals surface area contributed by atoms with Gasteiger partial charge in [-0.25, -0.2) is 0 Å². The third-order valence-electron chi connectivity index (χ3n) is 2.43. The first kappa shape index (κ1) is 11.9. The fourth-order valence-electron chi connectivity index (χ4n) is 1.66. The highest BCUT2D eigenvalue weighted by molar-refractivity contribution is 5.86. The van der Waals surface area contributed by atoms with Gasteiger partial charge in [0.25, 0.3) is 0 Å². The fraction of sp³-hybridized carbons (Fsp3) is 0.125. The second-order valence-electron chi connectivity index (χ2n) is 3.63. The molecule has 0 amide bonds. The second-order valence-corrected chi connectivity index (χ2v) is 3.63. The van der Waals surface area contributed by atoms with Gasteiger partial charge in [0.2, 0.25) is 0 Å². The molecule has 0 atom stereocenters. The highest BCUT2D eigenvalue weighted by Gasteiger charge is 2.07. The molecule has 0 aromatic heterocycles. The lowest BCUT2D eigenvalue weighted by Crippen LogP contribution is -2.00. The number of benzene rings is 2. The summed E-state index contributed by atoms with van der Waals surface area (Å²) in [5.74, 6) is 6.08. The molecular weight excluding hydrogens is 224 g/mol. The molecule has 0 saturated heterocycles. The maximum absolute atomic E-state index is 5.46. The molecule has 2 nitrogen and oxygen atoms in total. The van der Waals surface area contributed by atoms with Crippen LogP contribution in [0.3, 0.4) is 0 Å². The molecule has 0 bridgehead atoms. The monoisotopic (exact) mass is 236 g/mol. The van der Waals surface area contributed by atoms with Crippen molar-refractivity contribution in [2.24, 2.45) is 0 Å². The molecular formula is C16H12O2. The van der Waals surface area contributed by atoms with E-state index < -0.39 is 0 Å². The second kappa shape index (κ2) is 5.66. The van der Waals surface area contributed by atoms with Gasteiger partial charge < -0.3 is 9.47 Å². The van der Waals surface area contributed by atoms with E-state index in [4.69, 9.17) is 22.3 Å². The third-order valence-corrected chi connectivity index (χ3v) is 2.43. The van der Waals surface area contributed by atoms with Crippen molar-refractivity contribution in [3.63, 3.8) is 0 Å². The lowest BCUT2D eigenvalue weighted by atomic mass is 10.1. The maximum atomic E-state index is 5.46. The summed E-state index contributed by atoms with van der Waals surface area (Å²) >= 11 is 0. The average Bonchev–Trinajstić information content (AvgIpc) is 2.42. The summed E-state index contributed by atoms with van der Waals surface area (Å²) in [7, 11) is 0. The van der Waals surface area contributed by atoms with Gasteiger partial charge in [0.1, 0.15) is 13.2 Å². The molecule has 0 unspecified atom stereocenters. The number of fused-ring (bicyclic) bond motifs is 1. The number of rotatable bonds is 4. The molecule has 18 heavy (non-hydrogen) atoms. The van der Waals surface area contributed by atoms with Crippen LogP contribution in [-0.2, 0) is 0 Å². The van der Waals surface area contributed by atoms with Gasteiger partial charge in [-0.05, 0) is 22.9 Å². The van der Waals surface area contributed by atoms with Crippen molar-refractivity contribution in [3.8, 4) is 36.2 Å². The summed E-state index contributed by atoms with van der Waals surface area (Å²) in [6.45, 7) is 0.398. The van der Waals surface area contributed by atoms with E-state index in [1.54, 1.807) is 0 Å². The molecule has 0 aliphatic carbocycles. The van der Waals surface area contributed by atoms with E-state index in [-0.39, 0.29) is 13.2 Å². The van der Waals surface area contributed by atoms with Crippen molar-refractivity contribution in [2.75, 3.05) is 13.2 Å². The van der Waals surface area contributed by atoms with Gasteiger partial charge in [-0.3, -0.25) is 0 Å². The van der Waals surface area contributed by atoms with Gasteiger partial charge in [-0.1, -0.05) is 36.1 Å². The summed E-state index contributed by atoms with van der Waals surface area (Å²) in [6, 6.07) is 11.7. The van der Waals surface area contributed by atoms with E-state index in [9.17, 15) is 0 Å². The molecule has 0 saturated carbocycles. The molecule has 88 valence electrons. The van der Waals surface area contributed by atoms with Gasteiger partial charge in [0, 0.05) is 0 Å². The van der Waals surface area contributed by atoms with Crippen LogP contribution in [0.1, 0.15) is 0 Å². The number of hydrogen-bond acceptors (Lipinski definition) is 2. The van der Waals surface area contributed by atoms with Crippen molar-refractivity contribution in [3.05, 3.63) is 36.4 Å². The maximum Gasteiger partial charge on any atom is 0.163 e. The van der Waals surface area contributed by atoms with Crippen LogP contribution in [0.15, 0.2) is 36.4 Å². The average molecular weight is 236 g/mol. The predicted molar refractivity (Wildman–Crippen MR) is 72.6 cm³/mol. The molecule has 2 rings (SSSR count). The summed E-state index contributed by atoms with van der Waals surface area (Å²) < 4.78 is 10.9. The molecule has 2 aromatic carbocycles.